The fraction of sp³-hybridized carbons (Fsp3) is 0.130. The largest absolute Gasteiger partial charge is 0.494 e. The molecule has 1 amide bonds. The molecule has 0 unspecified atom stereocenters. The third-order valence-electron chi connectivity index (χ3n) is 4.74. The van der Waals surface area contributed by atoms with Crippen LogP contribution in [0.2, 0.25) is 0 Å². The number of rotatable bonds is 11. The van der Waals surface area contributed by atoms with Gasteiger partial charge in [-0.3, -0.25) is 14.8 Å². The van der Waals surface area contributed by atoms with Crippen LogP contribution in [0, 0.1) is 0 Å². The first-order valence-corrected chi connectivity index (χ1v) is 10.2. The zero-order chi connectivity index (χ0) is 25.4. The second-order valence-electron chi connectivity index (χ2n) is 7.14. The number of carboxylic acid groups (broad SMARTS) is 1. The van der Waals surface area contributed by atoms with Crippen molar-refractivity contribution in [3.63, 3.8) is 0 Å². The molecule has 35 heavy (non-hydrogen) atoms. The average molecular weight is 476 g/mol. The highest BCUT2D eigenvalue weighted by molar-refractivity contribution is 5.99. The third-order valence-corrected chi connectivity index (χ3v) is 4.74. The van der Waals surface area contributed by atoms with Crippen molar-refractivity contribution < 1.29 is 19.4 Å². The van der Waals surface area contributed by atoms with Crippen molar-refractivity contribution in [3.05, 3.63) is 65.5 Å². The minimum atomic E-state index is -1.08. The molecule has 0 atom stereocenters. The number of carbonyl (C=O) groups is 2. The molecule has 3 aromatic rings. The number of aliphatic imine (C=N–C) groups is 1. The standard InChI is InChI=1S/C23H24N8O4/c1-25-31(2)13-26-10-14-5-4-6-17(21(14)35-3)29-18-9-20(28-12-16(18)22(24)32)30-19-8-7-15(11-27-19)23(33)34/h4-9,11-13H,1,10H2,2-3H3,(H2,24,32)(H,33,34)(H2,27,28,29,30). The van der Waals surface area contributed by atoms with Crippen LogP contribution < -0.4 is 21.1 Å². The predicted octanol–water partition coefficient (Wildman–Crippen LogP) is 2.85. The number of carboxylic acids is 1. The molecule has 5 N–H and O–H groups in total. The summed E-state index contributed by atoms with van der Waals surface area (Å²) in [6.45, 7) is 3.74. The number of benzene rings is 1. The van der Waals surface area contributed by atoms with E-state index in [1.807, 2.05) is 12.1 Å². The lowest BCUT2D eigenvalue weighted by molar-refractivity contribution is 0.0696. The van der Waals surface area contributed by atoms with Crippen LogP contribution in [0.25, 0.3) is 0 Å². The Labute approximate surface area is 201 Å². The molecule has 0 aliphatic carbocycles. The van der Waals surface area contributed by atoms with Crippen molar-refractivity contribution in [1.82, 2.24) is 15.0 Å². The van der Waals surface area contributed by atoms with E-state index in [1.165, 1.54) is 43.0 Å². The van der Waals surface area contributed by atoms with E-state index in [-0.39, 0.29) is 11.1 Å². The van der Waals surface area contributed by atoms with Gasteiger partial charge in [0.25, 0.3) is 5.91 Å². The van der Waals surface area contributed by atoms with Crippen LogP contribution in [0.1, 0.15) is 26.3 Å². The highest BCUT2D eigenvalue weighted by Crippen LogP contribution is 2.33. The fourth-order valence-corrected chi connectivity index (χ4v) is 3.04. The lowest BCUT2D eigenvalue weighted by Crippen LogP contribution is -2.14. The fourth-order valence-electron chi connectivity index (χ4n) is 3.04. The van der Waals surface area contributed by atoms with Crippen LogP contribution in [0.3, 0.4) is 0 Å². The molecule has 12 nitrogen and oxygen atoms in total. The molecule has 0 fully saturated rings. The Bertz CT molecular complexity index is 1260. The van der Waals surface area contributed by atoms with Gasteiger partial charge in [0.1, 0.15) is 23.7 Å². The van der Waals surface area contributed by atoms with E-state index in [0.717, 1.165) is 5.56 Å². The number of nitrogens with two attached hydrogens (primary N) is 1. The van der Waals surface area contributed by atoms with Gasteiger partial charge in [-0.1, -0.05) is 12.1 Å². The number of amides is 1. The number of methoxy groups -OCH3 is 1. The van der Waals surface area contributed by atoms with E-state index in [0.29, 0.717) is 35.3 Å². The Morgan fingerprint density at radius 2 is 1.94 bits per heavy atom. The van der Waals surface area contributed by atoms with Gasteiger partial charge in [0.05, 0.1) is 36.2 Å². The van der Waals surface area contributed by atoms with E-state index in [4.69, 9.17) is 15.6 Å². The summed E-state index contributed by atoms with van der Waals surface area (Å²) in [5.41, 5.74) is 7.52. The first-order valence-electron chi connectivity index (χ1n) is 10.2. The van der Waals surface area contributed by atoms with E-state index < -0.39 is 11.9 Å². The van der Waals surface area contributed by atoms with Crippen molar-refractivity contribution in [3.8, 4) is 5.75 Å². The summed E-state index contributed by atoms with van der Waals surface area (Å²) in [6, 6.07) is 9.98. The number of hydrogen-bond donors (Lipinski definition) is 4. The third kappa shape index (κ3) is 6.28. The average Bonchev–Trinajstić information content (AvgIpc) is 2.84. The Morgan fingerprint density at radius 3 is 2.57 bits per heavy atom. The summed E-state index contributed by atoms with van der Waals surface area (Å²) < 4.78 is 5.60. The Kier molecular flexibility index (Phi) is 7.90. The summed E-state index contributed by atoms with van der Waals surface area (Å²) in [7, 11) is 3.24. The molecule has 0 radical (unpaired) electrons. The van der Waals surface area contributed by atoms with E-state index >= 15 is 0 Å². The number of hydrazone groups is 1. The summed E-state index contributed by atoms with van der Waals surface area (Å²) in [6.07, 6.45) is 4.09. The first-order chi connectivity index (χ1) is 16.8. The van der Waals surface area contributed by atoms with Crippen molar-refractivity contribution in [2.24, 2.45) is 15.8 Å². The Hall–Kier alpha value is -5.00. The monoisotopic (exact) mass is 476 g/mol. The van der Waals surface area contributed by atoms with Gasteiger partial charge in [0.2, 0.25) is 0 Å². The first kappa shape index (κ1) is 24.6. The minimum absolute atomic E-state index is 0.0543. The molecular formula is C23H24N8O4. The summed E-state index contributed by atoms with van der Waals surface area (Å²) in [5.74, 6) is -0.489. The number of nitrogens with one attached hydrogen (secondary N) is 2. The Balaban J connectivity index is 1.90. The molecule has 0 bridgehead atoms. The van der Waals surface area contributed by atoms with E-state index in [2.05, 4.69) is 37.4 Å². The van der Waals surface area contributed by atoms with E-state index in [1.54, 1.807) is 19.2 Å². The van der Waals surface area contributed by atoms with Gasteiger partial charge in [-0.15, -0.1) is 0 Å². The molecular weight excluding hydrogens is 452 g/mol. The maximum atomic E-state index is 12.0. The van der Waals surface area contributed by atoms with Crippen LogP contribution in [0.4, 0.5) is 23.0 Å². The van der Waals surface area contributed by atoms with Crippen molar-refractivity contribution in [1.29, 1.82) is 0 Å². The minimum Gasteiger partial charge on any atom is -0.494 e. The van der Waals surface area contributed by atoms with Gasteiger partial charge in [-0.25, -0.2) is 14.8 Å². The number of anilines is 4. The number of nitrogens with zero attached hydrogens (tertiary/aromatic N) is 5. The summed E-state index contributed by atoms with van der Waals surface area (Å²) in [5, 5.41) is 20.4. The Morgan fingerprint density at radius 1 is 1.17 bits per heavy atom. The van der Waals surface area contributed by atoms with Crippen molar-refractivity contribution in [2.45, 2.75) is 6.54 Å². The SMILES string of the molecule is C=NN(C)C=NCc1cccc(Nc2cc(Nc3ccc(C(=O)O)cn3)ncc2C(N)=O)c1OC. The maximum absolute atomic E-state index is 12.0. The number of ether oxygens (including phenoxy) is 1. The van der Waals surface area contributed by atoms with Crippen LogP contribution in [0.15, 0.2) is 58.9 Å². The molecule has 0 saturated heterocycles. The topological polar surface area (TPSA) is 167 Å². The number of primary amides is 1. The molecule has 0 spiro atoms. The van der Waals surface area contributed by atoms with Crippen molar-refractivity contribution in [2.75, 3.05) is 24.8 Å². The van der Waals surface area contributed by atoms with Crippen molar-refractivity contribution >= 4 is 47.9 Å². The van der Waals surface area contributed by atoms with Crippen LogP contribution in [-0.4, -0.2) is 59.2 Å². The molecule has 180 valence electrons. The normalized spacial score (nSPS) is 10.6. The second-order valence-corrected chi connectivity index (χ2v) is 7.14. The summed E-state index contributed by atoms with van der Waals surface area (Å²) in [4.78, 5) is 35.6. The van der Waals surface area contributed by atoms with E-state index in [9.17, 15) is 9.59 Å². The molecule has 1 aromatic carbocycles. The number of para-hydroxylation sites is 1. The molecule has 0 aliphatic heterocycles. The highest BCUT2D eigenvalue weighted by atomic mass is 16.5. The molecule has 0 saturated carbocycles. The predicted molar refractivity (Wildman–Crippen MR) is 133 cm³/mol. The van der Waals surface area contributed by atoms with Crippen LogP contribution in [0.5, 0.6) is 5.75 Å². The number of aromatic carboxylic acids is 1. The number of aromatic nitrogens is 2. The number of carbonyl (C=O) groups excluding carboxylic acids is 1. The highest BCUT2D eigenvalue weighted by Gasteiger charge is 2.15. The molecule has 2 heterocycles. The quantitative estimate of drug-likeness (QED) is 0.185. The molecule has 12 heteroatoms. The number of pyridine rings is 2. The van der Waals surface area contributed by atoms with Crippen LogP contribution in [-0.2, 0) is 6.54 Å². The molecule has 0 aliphatic rings. The second kappa shape index (κ2) is 11.2. The zero-order valence-electron chi connectivity index (χ0n) is 19.1. The van der Waals surface area contributed by atoms with Gasteiger partial charge in [0, 0.05) is 37.8 Å². The lowest BCUT2D eigenvalue weighted by atomic mass is 10.1. The van der Waals surface area contributed by atoms with Gasteiger partial charge in [-0.05, 0) is 18.2 Å². The molecule has 2 aromatic heterocycles. The lowest BCUT2D eigenvalue weighted by Gasteiger charge is -2.17. The smallest absolute Gasteiger partial charge is 0.337 e. The van der Waals surface area contributed by atoms with Gasteiger partial charge >= 0.3 is 5.97 Å². The maximum Gasteiger partial charge on any atom is 0.337 e. The molecule has 3 rings (SSSR count). The van der Waals surface area contributed by atoms with Gasteiger partial charge < -0.3 is 26.2 Å². The summed E-state index contributed by atoms with van der Waals surface area (Å²) >= 11 is 0. The van der Waals surface area contributed by atoms with Gasteiger partial charge in [0.15, 0.2) is 0 Å². The zero-order valence-corrected chi connectivity index (χ0v) is 19.1. The number of hydrogen-bond acceptors (Lipinski definition) is 9. The van der Waals surface area contributed by atoms with Gasteiger partial charge in [-0.2, -0.15) is 5.10 Å². The van der Waals surface area contributed by atoms with Crippen LogP contribution >= 0.6 is 0 Å².